The lowest BCUT2D eigenvalue weighted by atomic mass is 10.2. The maximum absolute atomic E-state index is 11.9. The SMILES string of the molecule is NC(N)=Nc1ncc(Cl)cc1/C=C/C(=O)NCc1ccccc1. The van der Waals surface area contributed by atoms with E-state index in [0.29, 0.717) is 22.9 Å². The number of carbonyl (C=O) groups is 1. The number of hydrogen-bond acceptors (Lipinski definition) is 3. The predicted octanol–water partition coefficient (Wildman–Crippen LogP) is 1.97. The van der Waals surface area contributed by atoms with Crippen molar-refractivity contribution in [3.8, 4) is 0 Å². The summed E-state index contributed by atoms with van der Waals surface area (Å²) in [6.45, 7) is 0.443. The fraction of sp³-hybridized carbons (Fsp3) is 0.0625. The quantitative estimate of drug-likeness (QED) is 0.443. The Hall–Kier alpha value is -2.86. The number of halogens is 1. The minimum Gasteiger partial charge on any atom is -0.370 e. The van der Waals surface area contributed by atoms with Gasteiger partial charge in [-0.15, -0.1) is 0 Å². The van der Waals surface area contributed by atoms with Gasteiger partial charge < -0.3 is 16.8 Å². The summed E-state index contributed by atoms with van der Waals surface area (Å²) in [6.07, 6.45) is 4.36. The first kappa shape index (κ1) is 16.5. The lowest BCUT2D eigenvalue weighted by Gasteiger charge is -2.03. The molecular formula is C16H16ClN5O. The molecule has 0 saturated heterocycles. The molecule has 0 aliphatic heterocycles. The standard InChI is InChI=1S/C16H16ClN5O/c17-13-8-12(15(21-10-13)22-16(18)19)6-7-14(23)20-9-11-4-2-1-3-5-11/h1-8,10H,9H2,(H,20,23)(H4,18,19,21,22)/b7-6+. The normalized spacial score (nSPS) is 10.5. The number of nitrogens with one attached hydrogen (secondary N) is 1. The van der Waals surface area contributed by atoms with Crippen LogP contribution in [0.2, 0.25) is 5.02 Å². The van der Waals surface area contributed by atoms with E-state index >= 15 is 0 Å². The Morgan fingerprint density at radius 3 is 2.74 bits per heavy atom. The molecule has 118 valence electrons. The third kappa shape index (κ3) is 5.44. The van der Waals surface area contributed by atoms with Crippen LogP contribution < -0.4 is 16.8 Å². The Balaban J connectivity index is 2.06. The van der Waals surface area contributed by atoms with Gasteiger partial charge >= 0.3 is 0 Å². The smallest absolute Gasteiger partial charge is 0.244 e. The second-order valence-corrected chi connectivity index (χ2v) is 5.08. The first-order chi connectivity index (χ1) is 11.0. The van der Waals surface area contributed by atoms with Gasteiger partial charge in [0.25, 0.3) is 0 Å². The molecule has 0 bridgehead atoms. The van der Waals surface area contributed by atoms with Crippen molar-refractivity contribution >= 4 is 35.4 Å². The second kappa shape index (κ2) is 7.95. The van der Waals surface area contributed by atoms with Crippen LogP contribution in [0.25, 0.3) is 6.08 Å². The van der Waals surface area contributed by atoms with Crippen LogP contribution in [0.5, 0.6) is 0 Å². The number of amides is 1. The fourth-order valence-electron chi connectivity index (χ4n) is 1.80. The number of rotatable bonds is 5. The van der Waals surface area contributed by atoms with Gasteiger partial charge in [-0.2, -0.15) is 4.99 Å². The monoisotopic (exact) mass is 329 g/mol. The molecule has 0 unspecified atom stereocenters. The Labute approximate surface area is 138 Å². The van der Waals surface area contributed by atoms with Crippen LogP contribution in [-0.4, -0.2) is 16.9 Å². The van der Waals surface area contributed by atoms with Crippen molar-refractivity contribution in [1.29, 1.82) is 0 Å². The van der Waals surface area contributed by atoms with Gasteiger partial charge in [0.2, 0.25) is 5.91 Å². The maximum atomic E-state index is 11.9. The first-order valence-electron chi connectivity index (χ1n) is 6.79. The minimum atomic E-state index is -0.246. The zero-order valence-corrected chi connectivity index (χ0v) is 13.0. The van der Waals surface area contributed by atoms with E-state index in [1.165, 1.54) is 12.3 Å². The van der Waals surface area contributed by atoms with E-state index in [0.717, 1.165) is 5.56 Å². The summed E-state index contributed by atoms with van der Waals surface area (Å²) in [4.78, 5) is 19.8. The molecule has 2 aromatic rings. The van der Waals surface area contributed by atoms with Crippen molar-refractivity contribution in [2.75, 3.05) is 0 Å². The molecule has 1 aromatic heterocycles. The van der Waals surface area contributed by atoms with Crippen LogP contribution >= 0.6 is 11.6 Å². The van der Waals surface area contributed by atoms with Crippen LogP contribution in [0.15, 0.2) is 53.7 Å². The zero-order chi connectivity index (χ0) is 16.7. The molecule has 23 heavy (non-hydrogen) atoms. The second-order valence-electron chi connectivity index (χ2n) is 4.64. The third-order valence-electron chi connectivity index (χ3n) is 2.82. The topological polar surface area (TPSA) is 106 Å². The highest BCUT2D eigenvalue weighted by Crippen LogP contribution is 2.21. The average Bonchev–Trinajstić information content (AvgIpc) is 2.53. The van der Waals surface area contributed by atoms with Crippen LogP contribution in [0.3, 0.4) is 0 Å². The van der Waals surface area contributed by atoms with E-state index in [1.807, 2.05) is 30.3 Å². The highest BCUT2D eigenvalue weighted by molar-refractivity contribution is 6.30. The summed E-state index contributed by atoms with van der Waals surface area (Å²) in [5, 5.41) is 3.20. The Morgan fingerprint density at radius 2 is 2.04 bits per heavy atom. The number of aromatic nitrogens is 1. The molecule has 0 fully saturated rings. The minimum absolute atomic E-state index is 0.122. The van der Waals surface area contributed by atoms with E-state index in [1.54, 1.807) is 12.1 Å². The van der Waals surface area contributed by atoms with Gasteiger partial charge in [-0.1, -0.05) is 41.9 Å². The molecule has 7 heteroatoms. The summed E-state index contributed by atoms with van der Waals surface area (Å²) in [5.41, 5.74) is 12.3. The number of guanidine groups is 1. The van der Waals surface area contributed by atoms with Crippen LogP contribution in [0.1, 0.15) is 11.1 Å². The third-order valence-corrected chi connectivity index (χ3v) is 3.03. The van der Waals surface area contributed by atoms with Gasteiger partial charge in [-0.25, -0.2) is 4.98 Å². The van der Waals surface area contributed by atoms with Crippen LogP contribution in [0, 0.1) is 0 Å². The molecular weight excluding hydrogens is 314 g/mol. The van der Waals surface area contributed by atoms with Crippen LogP contribution in [0.4, 0.5) is 5.82 Å². The number of carbonyl (C=O) groups excluding carboxylic acids is 1. The van der Waals surface area contributed by atoms with E-state index in [2.05, 4.69) is 15.3 Å². The molecule has 0 spiro atoms. The van der Waals surface area contributed by atoms with Gasteiger partial charge in [-0.05, 0) is 17.7 Å². The van der Waals surface area contributed by atoms with E-state index in [4.69, 9.17) is 23.1 Å². The fourth-order valence-corrected chi connectivity index (χ4v) is 1.96. The number of nitrogens with zero attached hydrogens (tertiary/aromatic N) is 2. The lowest BCUT2D eigenvalue weighted by Crippen LogP contribution is -2.22. The Morgan fingerprint density at radius 1 is 1.30 bits per heavy atom. The number of aliphatic imine (C=N–C) groups is 1. The Kier molecular flexibility index (Phi) is 5.71. The van der Waals surface area contributed by atoms with Gasteiger partial charge in [0.05, 0.1) is 5.02 Å². The summed E-state index contributed by atoms with van der Waals surface area (Å²) in [7, 11) is 0. The van der Waals surface area contributed by atoms with Gasteiger partial charge in [0.1, 0.15) is 0 Å². The van der Waals surface area contributed by atoms with Crippen molar-refractivity contribution in [2.24, 2.45) is 16.5 Å². The summed E-state index contributed by atoms with van der Waals surface area (Å²) in [5.74, 6) is -0.0750. The van der Waals surface area contributed by atoms with Crippen molar-refractivity contribution in [1.82, 2.24) is 10.3 Å². The summed E-state index contributed by atoms with van der Waals surface area (Å²) >= 11 is 5.90. The summed E-state index contributed by atoms with van der Waals surface area (Å²) < 4.78 is 0. The molecule has 0 atom stereocenters. The van der Waals surface area contributed by atoms with Crippen molar-refractivity contribution in [3.63, 3.8) is 0 Å². The van der Waals surface area contributed by atoms with Crippen molar-refractivity contribution < 1.29 is 4.79 Å². The highest BCUT2D eigenvalue weighted by atomic mass is 35.5. The molecule has 5 N–H and O–H groups in total. The largest absolute Gasteiger partial charge is 0.370 e. The van der Waals surface area contributed by atoms with Gasteiger partial charge in [0.15, 0.2) is 11.8 Å². The van der Waals surface area contributed by atoms with Crippen molar-refractivity contribution in [2.45, 2.75) is 6.54 Å². The van der Waals surface area contributed by atoms with E-state index < -0.39 is 0 Å². The van der Waals surface area contributed by atoms with Gasteiger partial charge in [-0.3, -0.25) is 4.79 Å². The van der Waals surface area contributed by atoms with Crippen molar-refractivity contribution in [3.05, 3.63) is 64.8 Å². The molecule has 2 rings (SSSR count). The average molecular weight is 330 g/mol. The van der Waals surface area contributed by atoms with E-state index in [9.17, 15) is 4.79 Å². The number of nitrogens with two attached hydrogens (primary N) is 2. The summed E-state index contributed by atoms with van der Waals surface area (Å²) in [6, 6.07) is 11.2. The lowest BCUT2D eigenvalue weighted by molar-refractivity contribution is -0.116. The zero-order valence-electron chi connectivity index (χ0n) is 12.2. The molecule has 0 aliphatic carbocycles. The van der Waals surface area contributed by atoms with Crippen LogP contribution in [-0.2, 0) is 11.3 Å². The predicted molar refractivity (Wildman–Crippen MR) is 92.0 cm³/mol. The molecule has 6 nitrogen and oxygen atoms in total. The highest BCUT2D eigenvalue weighted by Gasteiger charge is 2.03. The molecule has 0 aliphatic rings. The van der Waals surface area contributed by atoms with Gasteiger partial charge in [0, 0.05) is 24.4 Å². The first-order valence-corrected chi connectivity index (χ1v) is 7.17. The number of hydrogen-bond donors (Lipinski definition) is 3. The molecule has 1 aromatic carbocycles. The molecule has 0 radical (unpaired) electrons. The van der Waals surface area contributed by atoms with E-state index in [-0.39, 0.29) is 11.9 Å². The number of benzene rings is 1. The Bertz CT molecular complexity index is 739. The number of pyridine rings is 1. The molecule has 0 saturated carbocycles. The molecule has 1 amide bonds. The maximum Gasteiger partial charge on any atom is 0.244 e. The molecule has 1 heterocycles.